The number of aromatic nitrogens is 2. The molecule has 5 heteroatoms. The van der Waals surface area contributed by atoms with E-state index in [2.05, 4.69) is 4.98 Å². The van der Waals surface area contributed by atoms with Crippen molar-refractivity contribution in [1.29, 1.82) is 0 Å². The summed E-state index contributed by atoms with van der Waals surface area (Å²) in [5.41, 5.74) is 2.07. The van der Waals surface area contributed by atoms with Gasteiger partial charge in [0.05, 0.1) is 5.56 Å². The molecule has 0 aliphatic carbocycles. The van der Waals surface area contributed by atoms with Crippen LogP contribution in [0.4, 0.5) is 0 Å². The maximum absolute atomic E-state index is 12.9. The van der Waals surface area contributed by atoms with Crippen LogP contribution in [0.25, 0.3) is 5.69 Å². The Morgan fingerprint density at radius 2 is 1.76 bits per heavy atom. The highest BCUT2D eigenvalue weighted by molar-refractivity contribution is 5.94. The summed E-state index contributed by atoms with van der Waals surface area (Å²) in [5.74, 6) is -0.107. The Morgan fingerprint density at radius 3 is 2.44 bits per heavy atom. The standard InChI is InChI=1S/C20H19N3O2/c1-2-22(14-16-10-12-21-13-11-16)20(25)17-8-9-19(24)23(15-17)18-6-4-3-5-7-18/h3-13,15H,2,14H2,1H3. The molecule has 0 aliphatic heterocycles. The molecule has 0 saturated carbocycles. The Morgan fingerprint density at radius 1 is 1.04 bits per heavy atom. The van der Waals surface area contributed by atoms with Gasteiger partial charge < -0.3 is 4.90 Å². The molecule has 0 bridgehead atoms. The quantitative estimate of drug-likeness (QED) is 0.721. The van der Waals surface area contributed by atoms with E-state index in [1.165, 1.54) is 10.6 Å². The van der Waals surface area contributed by atoms with E-state index in [0.717, 1.165) is 11.3 Å². The van der Waals surface area contributed by atoms with E-state index in [1.54, 1.807) is 29.6 Å². The van der Waals surface area contributed by atoms with Crippen LogP contribution in [0.2, 0.25) is 0 Å². The minimum atomic E-state index is -0.167. The van der Waals surface area contributed by atoms with E-state index >= 15 is 0 Å². The Labute approximate surface area is 146 Å². The fourth-order valence-electron chi connectivity index (χ4n) is 2.62. The number of hydrogen-bond donors (Lipinski definition) is 0. The number of pyridine rings is 2. The molecule has 0 spiro atoms. The molecule has 0 unspecified atom stereocenters. The second kappa shape index (κ2) is 7.57. The zero-order valence-electron chi connectivity index (χ0n) is 14.0. The number of amides is 1. The van der Waals surface area contributed by atoms with E-state index in [0.29, 0.717) is 18.7 Å². The Kier molecular flexibility index (Phi) is 5.04. The molecule has 3 aromatic rings. The molecule has 0 fully saturated rings. The molecule has 126 valence electrons. The van der Waals surface area contributed by atoms with Gasteiger partial charge in [0.1, 0.15) is 0 Å². The van der Waals surface area contributed by atoms with Gasteiger partial charge in [-0.15, -0.1) is 0 Å². The van der Waals surface area contributed by atoms with Gasteiger partial charge in [0, 0.05) is 43.4 Å². The van der Waals surface area contributed by atoms with E-state index in [1.807, 2.05) is 49.4 Å². The predicted molar refractivity (Wildman–Crippen MR) is 96.7 cm³/mol. The van der Waals surface area contributed by atoms with E-state index in [9.17, 15) is 9.59 Å². The number of rotatable bonds is 5. The highest BCUT2D eigenvalue weighted by atomic mass is 16.2. The molecule has 0 atom stereocenters. The lowest BCUT2D eigenvalue weighted by Gasteiger charge is -2.21. The Bertz CT molecular complexity index is 905. The zero-order chi connectivity index (χ0) is 17.6. The van der Waals surface area contributed by atoms with Crippen molar-refractivity contribution < 1.29 is 4.79 Å². The number of carbonyl (C=O) groups excluding carboxylic acids is 1. The molecule has 0 radical (unpaired) electrons. The highest BCUT2D eigenvalue weighted by Gasteiger charge is 2.16. The summed E-state index contributed by atoms with van der Waals surface area (Å²) in [7, 11) is 0. The molecule has 25 heavy (non-hydrogen) atoms. The SMILES string of the molecule is CCN(Cc1ccncc1)C(=O)c1ccc(=O)n(-c2ccccc2)c1. The summed E-state index contributed by atoms with van der Waals surface area (Å²) in [6.45, 7) is 3.01. The molecular formula is C20H19N3O2. The Hall–Kier alpha value is -3.21. The summed E-state index contributed by atoms with van der Waals surface area (Å²) in [6.07, 6.45) is 5.03. The lowest BCUT2D eigenvalue weighted by atomic mass is 10.2. The van der Waals surface area contributed by atoms with Gasteiger partial charge in [-0.1, -0.05) is 18.2 Å². The first kappa shape index (κ1) is 16.6. The monoisotopic (exact) mass is 333 g/mol. The zero-order valence-corrected chi connectivity index (χ0v) is 14.0. The first-order valence-corrected chi connectivity index (χ1v) is 8.15. The largest absolute Gasteiger partial charge is 0.335 e. The average Bonchev–Trinajstić information content (AvgIpc) is 2.67. The molecule has 1 amide bonds. The number of benzene rings is 1. The lowest BCUT2D eigenvalue weighted by molar-refractivity contribution is 0.0752. The van der Waals surface area contributed by atoms with Crippen LogP contribution in [-0.2, 0) is 6.54 Å². The summed E-state index contributed by atoms with van der Waals surface area (Å²) < 4.78 is 1.49. The Balaban J connectivity index is 1.90. The minimum absolute atomic E-state index is 0.107. The first-order chi connectivity index (χ1) is 12.2. The number of nitrogens with zero attached hydrogens (tertiary/aromatic N) is 3. The average molecular weight is 333 g/mol. The number of hydrogen-bond acceptors (Lipinski definition) is 3. The van der Waals surface area contributed by atoms with Crippen molar-refractivity contribution in [2.75, 3.05) is 6.54 Å². The van der Waals surface area contributed by atoms with E-state index in [-0.39, 0.29) is 11.5 Å². The summed E-state index contributed by atoms with van der Waals surface area (Å²) >= 11 is 0. The maximum Gasteiger partial charge on any atom is 0.255 e. The fraction of sp³-hybridized carbons (Fsp3) is 0.150. The first-order valence-electron chi connectivity index (χ1n) is 8.15. The molecule has 2 heterocycles. The van der Waals surface area contributed by atoms with Gasteiger partial charge in [-0.25, -0.2) is 0 Å². The number of para-hydroxylation sites is 1. The summed E-state index contributed by atoms with van der Waals surface area (Å²) in [6, 6.07) is 16.1. The molecule has 5 nitrogen and oxygen atoms in total. The van der Waals surface area contributed by atoms with Gasteiger partial charge in [-0.2, -0.15) is 0 Å². The molecule has 3 rings (SSSR count). The highest BCUT2D eigenvalue weighted by Crippen LogP contribution is 2.11. The summed E-state index contributed by atoms with van der Waals surface area (Å²) in [4.78, 5) is 30.8. The van der Waals surface area contributed by atoms with Crippen molar-refractivity contribution in [3.05, 3.63) is 94.7 Å². The molecule has 0 aliphatic rings. The van der Waals surface area contributed by atoms with Gasteiger partial charge >= 0.3 is 0 Å². The third-order valence-corrected chi connectivity index (χ3v) is 3.98. The van der Waals surface area contributed by atoms with E-state index < -0.39 is 0 Å². The van der Waals surface area contributed by atoms with Crippen LogP contribution >= 0.6 is 0 Å². The van der Waals surface area contributed by atoms with Crippen LogP contribution in [0.3, 0.4) is 0 Å². The maximum atomic E-state index is 12.9. The molecule has 0 N–H and O–H groups in total. The van der Waals surface area contributed by atoms with Crippen molar-refractivity contribution in [1.82, 2.24) is 14.5 Å². The van der Waals surface area contributed by atoms with Crippen LogP contribution in [0.1, 0.15) is 22.8 Å². The van der Waals surface area contributed by atoms with E-state index in [4.69, 9.17) is 0 Å². The smallest absolute Gasteiger partial charge is 0.255 e. The van der Waals surface area contributed by atoms with Crippen LogP contribution < -0.4 is 5.56 Å². The second-order valence-corrected chi connectivity index (χ2v) is 5.64. The van der Waals surface area contributed by atoms with Crippen LogP contribution in [-0.4, -0.2) is 26.9 Å². The third kappa shape index (κ3) is 3.83. The van der Waals surface area contributed by atoms with Crippen LogP contribution in [0, 0.1) is 0 Å². The third-order valence-electron chi connectivity index (χ3n) is 3.98. The number of carbonyl (C=O) groups is 1. The van der Waals surface area contributed by atoms with Gasteiger partial charge in [-0.05, 0) is 42.8 Å². The normalized spacial score (nSPS) is 10.4. The van der Waals surface area contributed by atoms with Gasteiger partial charge in [0.2, 0.25) is 0 Å². The lowest BCUT2D eigenvalue weighted by Crippen LogP contribution is -2.31. The molecular weight excluding hydrogens is 314 g/mol. The topological polar surface area (TPSA) is 55.2 Å². The van der Waals surface area contributed by atoms with Crippen molar-refractivity contribution in [2.45, 2.75) is 13.5 Å². The van der Waals surface area contributed by atoms with Gasteiger partial charge in [-0.3, -0.25) is 19.1 Å². The predicted octanol–water partition coefficient (Wildman–Crippen LogP) is 2.89. The minimum Gasteiger partial charge on any atom is -0.335 e. The second-order valence-electron chi connectivity index (χ2n) is 5.64. The fourth-order valence-corrected chi connectivity index (χ4v) is 2.62. The summed E-state index contributed by atoms with van der Waals surface area (Å²) in [5, 5.41) is 0. The molecule has 0 saturated heterocycles. The van der Waals surface area contributed by atoms with Crippen molar-refractivity contribution in [2.24, 2.45) is 0 Å². The van der Waals surface area contributed by atoms with Crippen LogP contribution in [0.5, 0.6) is 0 Å². The van der Waals surface area contributed by atoms with Crippen LogP contribution in [0.15, 0.2) is 78.0 Å². The van der Waals surface area contributed by atoms with Crippen molar-refractivity contribution >= 4 is 5.91 Å². The van der Waals surface area contributed by atoms with Crippen molar-refractivity contribution in [3.63, 3.8) is 0 Å². The molecule has 2 aromatic heterocycles. The van der Waals surface area contributed by atoms with Gasteiger partial charge in [0.15, 0.2) is 0 Å². The molecule has 1 aromatic carbocycles. The van der Waals surface area contributed by atoms with Gasteiger partial charge in [0.25, 0.3) is 11.5 Å². The van der Waals surface area contributed by atoms with Crippen molar-refractivity contribution in [3.8, 4) is 5.69 Å².